The Morgan fingerprint density at radius 2 is 1.68 bits per heavy atom. The summed E-state index contributed by atoms with van der Waals surface area (Å²) < 4.78 is 1.09. The van der Waals surface area contributed by atoms with Crippen LogP contribution in [0.3, 0.4) is 0 Å². The molecule has 1 N–H and O–H groups in total. The summed E-state index contributed by atoms with van der Waals surface area (Å²) in [5.74, 6) is 0. The van der Waals surface area contributed by atoms with E-state index in [1.165, 1.54) is 5.56 Å². The monoisotopic (exact) mass is 337 g/mol. The van der Waals surface area contributed by atoms with Gasteiger partial charge in [0.2, 0.25) is 0 Å². The van der Waals surface area contributed by atoms with Crippen molar-refractivity contribution in [2.75, 3.05) is 5.32 Å². The van der Waals surface area contributed by atoms with Crippen LogP contribution in [0.15, 0.2) is 53.0 Å². The van der Waals surface area contributed by atoms with Crippen LogP contribution in [0.5, 0.6) is 0 Å². The molecule has 0 radical (unpaired) electrons. The van der Waals surface area contributed by atoms with E-state index in [9.17, 15) is 0 Å². The molecule has 1 nitrogen and oxygen atoms in total. The van der Waals surface area contributed by atoms with Crippen LogP contribution < -0.4 is 5.32 Å². The van der Waals surface area contributed by atoms with E-state index >= 15 is 0 Å². The zero-order valence-corrected chi connectivity index (χ0v) is 13.2. The minimum Gasteiger partial charge on any atom is -0.378 e. The van der Waals surface area contributed by atoms with Gasteiger partial charge >= 0.3 is 0 Å². The first kappa shape index (κ1) is 14.4. The van der Waals surface area contributed by atoms with Gasteiger partial charge in [0.25, 0.3) is 0 Å². The average molecular weight is 339 g/mol. The van der Waals surface area contributed by atoms with Crippen molar-refractivity contribution in [3.05, 3.63) is 63.6 Å². The third kappa shape index (κ3) is 4.26. The van der Waals surface area contributed by atoms with E-state index in [-0.39, 0.29) is 0 Å². The maximum Gasteiger partial charge on any atom is 0.0513 e. The zero-order valence-electron chi connectivity index (χ0n) is 10.9. The Bertz CT molecular complexity index is 507. The van der Waals surface area contributed by atoms with Gasteiger partial charge in [-0.15, -0.1) is 0 Å². The smallest absolute Gasteiger partial charge is 0.0513 e. The molecule has 2 aromatic rings. The molecular weight excluding hydrogens is 322 g/mol. The maximum absolute atomic E-state index is 5.95. The van der Waals surface area contributed by atoms with Crippen molar-refractivity contribution in [1.29, 1.82) is 0 Å². The minimum atomic E-state index is 0.323. The van der Waals surface area contributed by atoms with Crippen molar-refractivity contribution in [2.45, 2.75) is 25.8 Å². The van der Waals surface area contributed by atoms with E-state index in [1.54, 1.807) is 0 Å². The van der Waals surface area contributed by atoms with Crippen LogP contribution in [0.1, 0.15) is 31.4 Å². The fraction of sp³-hybridized carbons (Fsp3) is 0.250. The molecule has 0 aromatic heterocycles. The Hall–Kier alpha value is -0.990. The van der Waals surface area contributed by atoms with Gasteiger partial charge in [0.15, 0.2) is 0 Å². The van der Waals surface area contributed by atoms with E-state index < -0.39 is 0 Å². The molecule has 0 aliphatic rings. The molecule has 0 fully saturated rings. The van der Waals surface area contributed by atoms with E-state index in [1.807, 2.05) is 24.3 Å². The second kappa shape index (κ2) is 6.97. The summed E-state index contributed by atoms with van der Waals surface area (Å²) in [6.45, 7) is 2.20. The fourth-order valence-corrected chi connectivity index (χ4v) is 2.44. The Morgan fingerprint density at radius 1 is 1.05 bits per heavy atom. The van der Waals surface area contributed by atoms with Gasteiger partial charge in [-0.25, -0.2) is 0 Å². The number of anilines is 1. The Morgan fingerprint density at radius 3 is 2.26 bits per heavy atom. The number of hydrogen-bond donors (Lipinski definition) is 1. The summed E-state index contributed by atoms with van der Waals surface area (Å²) in [6, 6.07) is 16.7. The minimum absolute atomic E-state index is 0.323. The number of halogens is 2. The quantitative estimate of drug-likeness (QED) is 0.699. The largest absolute Gasteiger partial charge is 0.378 e. The maximum atomic E-state index is 5.95. The molecule has 0 spiro atoms. The van der Waals surface area contributed by atoms with Crippen LogP contribution >= 0.6 is 27.5 Å². The first-order chi connectivity index (χ1) is 9.19. The summed E-state index contributed by atoms with van der Waals surface area (Å²) in [4.78, 5) is 0. The number of hydrogen-bond acceptors (Lipinski definition) is 1. The lowest BCUT2D eigenvalue weighted by Crippen LogP contribution is -2.10. The van der Waals surface area contributed by atoms with Crippen molar-refractivity contribution in [1.82, 2.24) is 0 Å². The Kier molecular flexibility index (Phi) is 5.29. The van der Waals surface area contributed by atoms with Crippen molar-refractivity contribution in [3.8, 4) is 0 Å². The second-order valence-electron chi connectivity index (χ2n) is 4.54. The molecule has 1 atom stereocenters. The van der Waals surface area contributed by atoms with Gasteiger partial charge in [0, 0.05) is 15.2 Å². The first-order valence-corrected chi connectivity index (χ1v) is 7.63. The molecule has 2 rings (SSSR count). The number of benzene rings is 2. The van der Waals surface area contributed by atoms with Crippen LogP contribution in [-0.4, -0.2) is 0 Å². The van der Waals surface area contributed by atoms with Crippen molar-refractivity contribution >= 4 is 33.2 Å². The second-order valence-corrected chi connectivity index (χ2v) is 5.90. The highest BCUT2D eigenvalue weighted by Gasteiger charge is 2.10. The van der Waals surface area contributed by atoms with E-state index in [0.29, 0.717) is 6.04 Å². The Labute approximate surface area is 128 Å². The SMILES string of the molecule is CCCC(Nc1ccc(Br)cc1)c1ccc(Cl)cc1. The van der Waals surface area contributed by atoms with Gasteiger partial charge < -0.3 is 5.32 Å². The van der Waals surface area contributed by atoms with Gasteiger partial charge in [0.05, 0.1) is 6.04 Å². The fourth-order valence-electron chi connectivity index (χ4n) is 2.05. The third-order valence-corrected chi connectivity index (χ3v) is 3.82. The first-order valence-electron chi connectivity index (χ1n) is 6.46. The van der Waals surface area contributed by atoms with E-state index in [4.69, 9.17) is 11.6 Å². The molecule has 0 bridgehead atoms. The molecule has 0 amide bonds. The van der Waals surface area contributed by atoms with Crippen LogP contribution in [-0.2, 0) is 0 Å². The van der Waals surface area contributed by atoms with Gasteiger partial charge in [0.1, 0.15) is 0 Å². The van der Waals surface area contributed by atoms with Crippen molar-refractivity contribution < 1.29 is 0 Å². The molecule has 0 aliphatic heterocycles. The van der Waals surface area contributed by atoms with Crippen LogP contribution in [0.4, 0.5) is 5.69 Å². The Balaban J connectivity index is 2.15. The molecule has 100 valence electrons. The van der Waals surface area contributed by atoms with E-state index in [0.717, 1.165) is 28.0 Å². The van der Waals surface area contributed by atoms with Gasteiger partial charge in [-0.3, -0.25) is 0 Å². The normalized spacial score (nSPS) is 12.2. The van der Waals surface area contributed by atoms with Gasteiger partial charge in [-0.1, -0.05) is 53.0 Å². The summed E-state index contributed by atoms with van der Waals surface area (Å²) in [6.07, 6.45) is 2.23. The molecule has 0 saturated heterocycles. The molecule has 0 heterocycles. The third-order valence-electron chi connectivity index (χ3n) is 3.03. The lowest BCUT2D eigenvalue weighted by molar-refractivity contribution is 0.677. The molecule has 0 saturated carbocycles. The van der Waals surface area contributed by atoms with Crippen LogP contribution in [0, 0.1) is 0 Å². The summed E-state index contributed by atoms with van der Waals surface area (Å²) in [7, 11) is 0. The van der Waals surface area contributed by atoms with Gasteiger partial charge in [-0.2, -0.15) is 0 Å². The highest BCUT2D eigenvalue weighted by molar-refractivity contribution is 9.10. The highest BCUT2D eigenvalue weighted by atomic mass is 79.9. The van der Waals surface area contributed by atoms with Crippen LogP contribution in [0.2, 0.25) is 5.02 Å². The summed E-state index contributed by atoms with van der Waals surface area (Å²) >= 11 is 9.40. The van der Waals surface area contributed by atoms with Crippen LogP contribution in [0.25, 0.3) is 0 Å². The molecule has 1 unspecified atom stereocenters. The summed E-state index contributed by atoms with van der Waals surface area (Å²) in [5.41, 5.74) is 2.41. The highest BCUT2D eigenvalue weighted by Crippen LogP contribution is 2.26. The molecule has 2 aromatic carbocycles. The topological polar surface area (TPSA) is 12.0 Å². The zero-order chi connectivity index (χ0) is 13.7. The van der Waals surface area contributed by atoms with E-state index in [2.05, 4.69) is 52.4 Å². The predicted octanol–water partition coefficient (Wildman–Crippen LogP) is 6.06. The van der Waals surface area contributed by atoms with Gasteiger partial charge in [-0.05, 0) is 48.4 Å². The molecule has 3 heteroatoms. The molecular formula is C16H17BrClN. The average Bonchev–Trinajstić information content (AvgIpc) is 2.42. The van der Waals surface area contributed by atoms with Crippen molar-refractivity contribution in [2.24, 2.45) is 0 Å². The number of nitrogens with one attached hydrogen (secondary N) is 1. The van der Waals surface area contributed by atoms with Crippen molar-refractivity contribution in [3.63, 3.8) is 0 Å². The summed E-state index contributed by atoms with van der Waals surface area (Å²) in [5, 5.41) is 4.36. The number of rotatable bonds is 5. The predicted molar refractivity (Wildman–Crippen MR) is 86.9 cm³/mol. The molecule has 19 heavy (non-hydrogen) atoms. The molecule has 0 aliphatic carbocycles. The lowest BCUT2D eigenvalue weighted by atomic mass is 10.0. The lowest BCUT2D eigenvalue weighted by Gasteiger charge is -2.20. The standard InChI is InChI=1S/C16H17BrClN/c1-2-3-16(12-4-8-14(18)9-5-12)19-15-10-6-13(17)7-11-15/h4-11,16,19H,2-3H2,1H3.